The van der Waals surface area contributed by atoms with Gasteiger partial charge in [0.2, 0.25) is 5.91 Å². The normalized spacial score (nSPS) is 18.0. The summed E-state index contributed by atoms with van der Waals surface area (Å²) in [5, 5.41) is 2.81. The highest BCUT2D eigenvalue weighted by atomic mass is 35.5. The first-order valence-electron chi connectivity index (χ1n) is 5.28. The molecular weight excluding hydrogens is 309 g/mol. The topological polar surface area (TPSA) is 85.1 Å². The molecule has 2 amide bonds. The summed E-state index contributed by atoms with van der Waals surface area (Å²) in [5.41, 5.74) is 5.73. The first-order valence-corrected chi connectivity index (χ1v) is 6.81. The number of hydrogen-bond acceptors (Lipinski definition) is 4. The van der Waals surface area contributed by atoms with Gasteiger partial charge < -0.3 is 11.1 Å². The number of rotatable bonds is 3. The number of aromatic nitrogens is 1. The third-order valence-corrected chi connectivity index (χ3v) is 4.36. The summed E-state index contributed by atoms with van der Waals surface area (Å²) in [4.78, 5) is 23.5. The van der Waals surface area contributed by atoms with Gasteiger partial charge in [0.1, 0.15) is 9.90 Å². The molecule has 0 aromatic carbocycles. The number of allylic oxidation sites excluding steroid dienone is 3. The first kappa shape index (κ1) is 14.0. The molecule has 0 aliphatic heterocycles. The van der Waals surface area contributed by atoms with Gasteiger partial charge >= 0.3 is 0 Å². The fourth-order valence-corrected chi connectivity index (χ4v) is 2.73. The predicted octanol–water partition coefficient (Wildman–Crippen LogP) is 2.12. The van der Waals surface area contributed by atoms with Crippen LogP contribution in [0.25, 0.3) is 0 Å². The molecule has 5 nitrogen and oxygen atoms in total. The minimum atomic E-state index is -0.545. The van der Waals surface area contributed by atoms with Crippen molar-refractivity contribution in [2.75, 3.05) is 0 Å². The summed E-state index contributed by atoms with van der Waals surface area (Å²) in [7, 11) is 0. The number of nitrogens with zero attached hydrogens (tertiary/aromatic N) is 1. The molecule has 19 heavy (non-hydrogen) atoms. The molecule has 1 atom stereocenters. The van der Waals surface area contributed by atoms with E-state index in [-0.39, 0.29) is 15.1 Å². The number of carbonyl (C=O) groups excluding carboxylic acids is 2. The lowest BCUT2D eigenvalue weighted by Crippen LogP contribution is -2.34. The fraction of sp³-hybridized carbons (Fsp3) is 0.182. The zero-order valence-corrected chi connectivity index (χ0v) is 11.9. The predicted molar refractivity (Wildman–Crippen MR) is 74.1 cm³/mol. The number of amides is 2. The van der Waals surface area contributed by atoms with Gasteiger partial charge in [-0.3, -0.25) is 9.59 Å². The zero-order valence-electron chi connectivity index (χ0n) is 9.52. The van der Waals surface area contributed by atoms with Crippen molar-refractivity contribution in [3.63, 3.8) is 0 Å². The lowest BCUT2D eigenvalue weighted by atomic mass is 9.96. The average Bonchev–Trinajstić information content (AvgIpc) is 2.70. The molecule has 2 rings (SSSR count). The molecule has 1 heterocycles. The molecule has 0 spiro atoms. The number of nitrogens with one attached hydrogen (secondary N) is 1. The Hall–Kier alpha value is -1.37. The smallest absolute Gasteiger partial charge is 0.268 e. The maximum Gasteiger partial charge on any atom is 0.268 e. The fourth-order valence-electron chi connectivity index (χ4n) is 1.62. The Bertz CT molecular complexity index is 595. The summed E-state index contributed by atoms with van der Waals surface area (Å²) in [5.74, 6) is -1.50. The number of nitrogens with two attached hydrogens (primary N) is 1. The van der Waals surface area contributed by atoms with E-state index in [1.807, 2.05) is 6.08 Å². The van der Waals surface area contributed by atoms with Gasteiger partial charge in [0.25, 0.3) is 5.91 Å². The van der Waals surface area contributed by atoms with Gasteiger partial charge in [0.15, 0.2) is 5.15 Å². The maximum absolute atomic E-state index is 12.0. The van der Waals surface area contributed by atoms with E-state index in [2.05, 4.69) is 9.69 Å². The Morgan fingerprint density at radius 1 is 1.47 bits per heavy atom. The van der Waals surface area contributed by atoms with Crippen molar-refractivity contribution in [3.05, 3.63) is 39.0 Å². The van der Waals surface area contributed by atoms with Crippen molar-refractivity contribution in [2.45, 2.75) is 6.42 Å². The van der Waals surface area contributed by atoms with Crippen LogP contribution in [-0.4, -0.2) is 16.2 Å². The molecule has 1 aliphatic carbocycles. The second-order valence-corrected chi connectivity index (χ2v) is 5.32. The molecule has 1 aliphatic rings. The molecule has 100 valence electrons. The van der Waals surface area contributed by atoms with E-state index in [9.17, 15) is 9.59 Å². The third-order valence-electron chi connectivity index (χ3n) is 2.56. The van der Waals surface area contributed by atoms with Gasteiger partial charge in [-0.05, 0) is 24.0 Å². The molecule has 1 unspecified atom stereocenters. The number of halogens is 2. The zero-order chi connectivity index (χ0) is 14.0. The Morgan fingerprint density at radius 3 is 2.79 bits per heavy atom. The lowest BCUT2D eigenvalue weighted by Gasteiger charge is -2.18. The van der Waals surface area contributed by atoms with Gasteiger partial charge in [0, 0.05) is 5.70 Å². The van der Waals surface area contributed by atoms with E-state index in [0.29, 0.717) is 12.1 Å². The molecule has 0 radical (unpaired) electrons. The Balaban J connectivity index is 2.18. The number of hydrogen-bond donors (Lipinski definition) is 2. The quantitative estimate of drug-likeness (QED) is 0.895. The van der Waals surface area contributed by atoms with Crippen molar-refractivity contribution < 1.29 is 9.59 Å². The minimum Gasteiger partial charge on any atom is -0.369 e. The molecule has 3 N–H and O–H groups in total. The maximum atomic E-state index is 12.0. The Labute approximate surface area is 123 Å². The van der Waals surface area contributed by atoms with E-state index >= 15 is 0 Å². The second-order valence-electron chi connectivity index (χ2n) is 3.81. The molecular formula is C11H9Cl2N3O2S. The van der Waals surface area contributed by atoms with Gasteiger partial charge in [-0.15, -0.1) is 0 Å². The van der Waals surface area contributed by atoms with Gasteiger partial charge in [-0.25, -0.2) is 0 Å². The Kier molecular flexibility index (Phi) is 4.24. The summed E-state index contributed by atoms with van der Waals surface area (Å²) >= 11 is 12.4. The van der Waals surface area contributed by atoms with Crippen LogP contribution in [0.1, 0.15) is 16.1 Å². The summed E-state index contributed by atoms with van der Waals surface area (Å²) in [6.45, 7) is 0. The summed E-state index contributed by atoms with van der Waals surface area (Å²) in [6.07, 6.45) is 5.64. The van der Waals surface area contributed by atoms with Crippen LogP contribution in [-0.2, 0) is 4.79 Å². The van der Waals surface area contributed by atoms with Crippen LogP contribution in [0.4, 0.5) is 0 Å². The molecule has 0 saturated carbocycles. The molecule has 1 aromatic heterocycles. The van der Waals surface area contributed by atoms with Gasteiger partial charge in [0.05, 0.1) is 5.92 Å². The van der Waals surface area contributed by atoms with E-state index < -0.39 is 17.7 Å². The van der Waals surface area contributed by atoms with Crippen molar-refractivity contribution in [1.82, 2.24) is 9.69 Å². The summed E-state index contributed by atoms with van der Waals surface area (Å²) in [6, 6.07) is 0. The van der Waals surface area contributed by atoms with Crippen molar-refractivity contribution >= 4 is 46.5 Å². The van der Waals surface area contributed by atoms with Crippen LogP contribution in [0.2, 0.25) is 10.2 Å². The monoisotopic (exact) mass is 317 g/mol. The molecule has 8 heteroatoms. The van der Waals surface area contributed by atoms with E-state index in [4.69, 9.17) is 28.9 Å². The highest BCUT2D eigenvalue weighted by molar-refractivity contribution is 7.09. The lowest BCUT2D eigenvalue weighted by molar-refractivity contribution is -0.120. The van der Waals surface area contributed by atoms with E-state index in [0.717, 1.165) is 11.5 Å². The first-order chi connectivity index (χ1) is 9.00. The third kappa shape index (κ3) is 2.97. The molecule has 0 saturated heterocycles. The SMILES string of the molecule is NC(=O)C1CC=CC=C1NC(=O)c1snc(Cl)c1Cl. The van der Waals surface area contributed by atoms with Crippen LogP contribution < -0.4 is 11.1 Å². The van der Waals surface area contributed by atoms with Gasteiger partial charge in [-0.2, -0.15) is 4.37 Å². The highest BCUT2D eigenvalue weighted by Gasteiger charge is 2.25. The van der Waals surface area contributed by atoms with E-state index in [1.54, 1.807) is 12.2 Å². The number of carbonyl (C=O) groups is 2. The average molecular weight is 318 g/mol. The van der Waals surface area contributed by atoms with Crippen LogP contribution >= 0.6 is 34.7 Å². The van der Waals surface area contributed by atoms with E-state index in [1.165, 1.54) is 0 Å². The minimum absolute atomic E-state index is 0.0841. The Morgan fingerprint density at radius 2 is 2.21 bits per heavy atom. The second kappa shape index (κ2) is 5.73. The highest BCUT2D eigenvalue weighted by Crippen LogP contribution is 2.29. The molecule has 0 fully saturated rings. The van der Waals surface area contributed by atoms with Crippen molar-refractivity contribution in [2.24, 2.45) is 11.7 Å². The van der Waals surface area contributed by atoms with Crippen LogP contribution in [0.15, 0.2) is 23.9 Å². The summed E-state index contributed by atoms with van der Waals surface area (Å²) < 4.78 is 3.77. The molecule has 0 bridgehead atoms. The largest absolute Gasteiger partial charge is 0.369 e. The van der Waals surface area contributed by atoms with Crippen molar-refractivity contribution in [3.8, 4) is 0 Å². The van der Waals surface area contributed by atoms with Crippen LogP contribution in [0.5, 0.6) is 0 Å². The van der Waals surface area contributed by atoms with Crippen LogP contribution in [0.3, 0.4) is 0 Å². The van der Waals surface area contributed by atoms with Crippen molar-refractivity contribution in [1.29, 1.82) is 0 Å². The standard InChI is InChI=1S/C11H9Cl2N3O2S/c12-7-8(19-16-9(7)13)11(18)15-6-4-2-1-3-5(6)10(14)17/h1-2,4-5H,3H2,(H2,14,17)(H,15,18). The molecule has 1 aromatic rings. The van der Waals surface area contributed by atoms with Crippen LogP contribution in [0, 0.1) is 5.92 Å². The van der Waals surface area contributed by atoms with Gasteiger partial charge in [-0.1, -0.05) is 35.4 Å². The number of primary amides is 1.